The van der Waals surface area contributed by atoms with Crippen molar-refractivity contribution in [2.45, 2.75) is 95.0 Å². The fourth-order valence-electron chi connectivity index (χ4n) is 5.35. The number of ether oxygens (including phenoxy) is 2. The van der Waals surface area contributed by atoms with Gasteiger partial charge >= 0.3 is 0 Å². The number of Topliss-reactive ketones (excluding diaryl/α,β-unsaturated/α-hetero) is 1. The third-order valence-electron chi connectivity index (χ3n) is 7.96. The molecule has 1 aliphatic heterocycles. The molecular formula is C30H41N3O7. The zero-order chi connectivity index (χ0) is 28.6. The number of benzene rings is 1. The Kier molecular flexibility index (Phi) is 10.3. The molecule has 4 N–H and O–H groups in total. The highest BCUT2D eigenvalue weighted by Gasteiger charge is 2.38. The Morgan fingerprint density at radius 2 is 1.65 bits per heavy atom. The van der Waals surface area contributed by atoms with E-state index >= 15 is 0 Å². The Labute approximate surface area is 235 Å². The normalized spacial score (nSPS) is 24.2. The van der Waals surface area contributed by atoms with Gasteiger partial charge in [-0.25, -0.2) is 0 Å². The minimum absolute atomic E-state index is 0.158. The second-order valence-electron chi connectivity index (χ2n) is 11.1. The van der Waals surface area contributed by atoms with Gasteiger partial charge < -0.3 is 30.5 Å². The first kappa shape index (κ1) is 29.7. The molecule has 218 valence electrons. The van der Waals surface area contributed by atoms with Crippen molar-refractivity contribution >= 4 is 23.5 Å². The molecule has 1 unspecified atom stereocenters. The number of ketones is 1. The molecule has 3 aliphatic rings. The zero-order valence-electron chi connectivity index (χ0n) is 23.3. The smallest absolute Gasteiger partial charge is 0.243 e. The van der Waals surface area contributed by atoms with Crippen molar-refractivity contribution < 1.29 is 33.8 Å². The predicted octanol–water partition coefficient (Wildman–Crippen LogP) is 1.73. The summed E-state index contributed by atoms with van der Waals surface area (Å²) in [6.45, 7) is 1.93. The van der Waals surface area contributed by atoms with Crippen LogP contribution in [-0.4, -0.2) is 72.7 Å². The molecule has 0 radical (unpaired) electrons. The molecule has 0 bridgehead atoms. The van der Waals surface area contributed by atoms with Crippen LogP contribution in [0, 0.1) is 5.92 Å². The van der Waals surface area contributed by atoms with Gasteiger partial charge in [0.25, 0.3) is 0 Å². The summed E-state index contributed by atoms with van der Waals surface area (Å²) in [5.74, 6) is -0.940. The molecule has 0 spiro atoms. The first-order chi connectivity index (χ1) is 19.2. The van der Waals surface area contributed by atoms with Crippen LogP contribution in [0.5, 0.6) is 5.75 Å². The fraction of sp³-hybridized carbons (Fsp3) is 0.600. The number of allylic oxidation sites excluding steroid dienone is 1. The van der Waals surface area contributed by atoms with Gasteiger partial charge in [0.05, 0.1) is 25.9 Å². The van der Waals surface area contributed by atoms with Crippen molar-refractivity contribution in [3.8, 4) is 5.75 Å². The van der Waals surface area contributed by atoms with E-state index in [0.29, 0.717) is 44.5 Å². The fourth-order valence-corrected chi connectivity index (χ4v) is 5.35. The summed E-state index contributed by atoms with van der Waals surface area (Å²) in [6, 6.07) is 4.61. The largest absolute Gasteiger partial charge is 0.497 e. The number of carbonyl (C=O) groups excluding carboxylic acids is 4. The summed E-state index contributed by atoms with van der Waals surface area (Å²) in [7, 11) is 1.57. The van der Waals surface area contributed by atoms with E-state index in [9.17, 15) is 24.3 Å². The summed E-state index contributed by atoms with van der Waals surface area (Å²) in [5.41, 5.74) is 1.94. The van der Waals surface area contributed by atoms with E-state index in [2.05, 4.69) is 22.0 Å². The number of aliphatic hydroxyl groups excluding tert-OH is 1. The highest BCUT2D eigenvalue weighted by Crippen LogP contribution is 2.25. The van der Waals surface area contributed by atoms with E-state index in [-0.39, 0.29) is 30.1 Å². The molecule has 1 aromatic rings. The average Bonchev–Trinajstić information content (AvgIpc) is 3.68. The Bertz CT molecular complexity index is 1090. The standard InChI is InChI=1S/C30H41N3O7/c1-18(31-29(37)21-9-11-22(34)12-10-21)28(36)33-25(16-20-7-13-23(39-2)14-8-20)30(38)32-24(27(35)26-17-40-26)15-19-5-3-4-6-19/h5,7-8,13-14,18,21-22,24-26,34H,3-4,6,9-12,15-17H2,1-2H3,(H,31,37)(H,32,38)(H,33,36)/t18-,21-,22-,24+,25+,26?/m1/s1. The van der Waals surface area contributed by atoms with E-state index in [0.717, 1.165) is 30.4 Å². The number of aliphatic hydroxyl groups is 1. The van der Waals surface area contributed by atoms with Crippen molar-refractivity contribution in [2.75, 3.05) is 13.7 Å². The molecule has 1 saturated heterocycles. The Morgan fingerprint density at radius 3 is 2.25 bits per heavy atom. The Morgan fingerprint density at radius 1 is 0.975 bits per heavy atom. The minimum atomic E-state index is -0.974. The van der Waals surface area contributed by atoms with Crippen molar-refractivity contribution in [1.29, 1.82) is 0 Å². The number of hydrogen-bond donors (Lipinski definition) is 4. The zero-order valence-corrected chi connectivity index (χ0v) is 23.3. The van der Waals surface area contributed by atoms with Crippen molar-refractivity contribution in [2.24, 2.45) is 5.92 Å². The molecule has 3 amide bonds. The molecule has 40 heavy (non-hydrogen) atoms. The maximum Gasteiger partial charge on any atom is 0.243 e. The summed E-state index contributed by atoms with van der Waals surface area (Å²) in [5, 5.41) is 18.2. The van der Waals surface area contributed by atoms with Crippen LogP contribution in [0.15, 0.2) is 35.9 Å². The molecule has 1 saturated carbocycles. The van der Waals surface area contributed by atoms with Gasteiger partial charge in [-0.15, -0.1) is 0 Å². The summed E-state index contributed by atoms with van der Waals surface area (Å²) in [6.07, 6.45) is 7.01. The van der Waals surface area contributed by atoms with Gasteiger partial charge in [-0.05, 0) is 76.0 Å². The lowest BCUT2D eigenvalue weighted by molar-refractivity contribution is -0.134. The molecule has 2 fully saturated rings. The molecule has 0 aromatic heterocycles. The van der Waals surface area contributed by atoms with Crippen LogP contribution < -0.4 is 20.7 Å². The lowest BCUT2D eigenvalue weighted by atomic mass is 9.87. The molecular weight excluding hydrogens is 514 g/mol. The Hall–Kier alpha value is -3.24. The lowest BCUT2D eigenvalue weighted by Gasteiger charge is -2.27. The predicted molar refractivity (Wildman–Crippen MR) is 147 cm³/mol. The van der Waals surface area contributed by atoms with Gasteiger partial charge in [-0.3, -0.25) is 19.2 Å². The van der Waals surface area contributed by atoms with E-state index in [1.54, 1.807) is 26.2 Å². The van der Waals surface area contributed by atoms with Crippen LogP contribution in [-0.2, 0) is 30.3 Å². The highest BCUT2D eigenvalue weighted by atomic mass is 16.6. The molecule has 10 heteroatoms. The summed E-state index contributed by atoms with van der Waals surface area (Å²) >= 11 is 0. The van der Waals surface area contributed by atoms with Crippen LogP contribution in [0.3, 0.4) is 0 Å². The minimum Gasteiger partial charge on any atom is -0.497 e. The number of hydrogen-bond acceptors (Lipinski definition) is 7. The first-order valence-corrected chi connectivity index (χ1v) is 14.3. The number of carbonyl (C=O) groups is 4. The van der Waals surface area contributed by atoms with Crippen LogP contribution >= 0.6 is 0 Å². The second-order valence-corrected chi connectivity index (χ2v) is 11.1. The topological polar surface area (TPSA) is 146 Å². The molecule has 1 aromatic carbocycles. The van der Waals surface area contributed by atoms with E-state index in [1.165, 1.54) is 0 Å². The van der Waals surface area contributed by atoms with Crippen LogP contribution in [0.1, 0.15) is 63.9 Å². The molecule has 10 nitrogen and oxygen atoms in total. The first-order valence-electron chi connectivity index (χ1n) is 14.3. The summed E-state index contributed by atoms with van der Waals surface area (Å²) in [4.78, 5) is 52.5. The van der Waals surface area contributed by atoms with Gasteiger partial charge in [0.2, 0.25) is 17.7 Å². The number of rotatable bonds is 13. The maximum absolute atomic E-state index is 13.6. The third kappa shape index (κ3) is 8.38. The van der Waals surface area contributed by atoms with Gasteiger partial charge in [0.15, 0.2) is 5.78 Å². The molecule has 2 aliphatic carbocycles. The second kappa shape index (κ2) is 13.9. The highest BCUT2D eigenvalue weighted by molar-refractivity contribution is 5.96. The molecule has 4 atom stereocenters. The van der Waals surface area contributed by atoms with Crippen molar-refractivity contribution in [3.05, 3.63) is 41.5 Å². The van der Waals surface area contributed by atoms with Gasteiger partial charge in [-0.1, -0.05) is 23.8 Å². The van der Waals surface area contributed by atoms with Gasteiger partial charge in [-0.2, -0.15) is 0 Å². The number of amides is 3. The SMILES string of the molecule is COc1ccc(C[C@H](NC(=O)[C@@H](C)NC(=O)[C@H]2CC[C@H](O)CC2)C(=O)N[C@@H](CC2=CCCC2)C(=O)C2CO2)cc1. The molecule has 4 rings (SSSR count). The van der Waals surface area contributed by atoms with Crippen molar-refractivity contribution in [1.82, 2.24) is 16.0 Å². The average molecular weight is 556 g/mol. The van der Waals surface area contributed by atoms with Gasteiger partial charge in [0.1, 0.15) is 23.9 Å². The van der Waals surface area contributed by atoms with E-state index in [4.69, 9.17) is 9.47 Å². The number of nitrogens with one attached hydrogen (secondary N) is 3. The monoisotopic (exact) mass is 555 g/mol. The van der Waals surface area contributed by atoms with Crippen molar-refractivity contribution in [3.63, 3.8) is 0 Å². The number of methoxy groups -OCH3 is 1. The summed E-state index contributed by atoms with van der Waals surface area (Å²) < 4.78 is 10.4. The van der Waals surface area contributed by atoms with Crippen LogP contribution in [0.2, 0.25) is 0 Å². The third-order valence-corrected chi connectivity index (χ3v) is 7.96. The Balaban J connectivity index is 1.44. The molecule has 1 heterocycles. The maximum atomic E-state index is 13.6. The number of epoxide rings is 1. The van der Waals surface area contributed by atoms with E-state index in [1.807, 2.05) is 12.1 Å². The van der Waals surface area contributed by atoms with E-state index < -0.39 is 36.0 Å². The quantitative estimate of drug-likeness (QED) is 0.214. The lowest BCUT2D eigenvalue weighted by Crippen LogP contribution is -2.56. The van der Waals surface area contributed by atoms with Crippen LogP contribution in [0.4, 0.5) is 0 Å². The van der Waals surface area contributed by atoms with Crippen LogP contribution in [0.25, 0.3) is 0 Å². The van der Waals surface area contributed by atoms with Gasteiger partial charge in [0, 0.05) is 12.3 Å².